The summed E-state index contributed by atoms with van der Waals surface area (Å²) in [6, 6.07) is 11.5. The van der Waals surface area contributed by atoms with E-state index in [1.54, 1.807) is 12.1 Å². The first-order valence-electron chi connectivity index (χ1n) is 11.3. The predicted molar refractivity (Wildman–Crippen MR) is 124 cm³/mol. The molecule has 5 rings (SSSR count). The van der Waals surface area contributed by atoms with E-state index in [0.717, 1.165) is 55.1 Å². The van der Waals surface area contributed by atoms with Gasteiger partial charge in [-0.2, -0.15) is 0 Å². The number of halogens is 1. The highest BCUT2D eigenvalue weighted by Crippen LogP contribution is 2.33. The normalized spacial score (nSPS) is 18.0. The van der Waals surface area contributed by atoms with Gasteiger partial charge in [0, 0.05) is 42.5 Å². The van der Waals surface area contributed by atoms with Crippen LogP contribution in [0.25, 0.3) is 11.2 Å². The molecule has 7 heteroatoms. The summed E-state index contributed by atoms with van der Waals surface area (Å²) in [6.45, 7) is 1.44. The SMILES string of the molecule is O=C(Nc1ccc(Cl)cc1)N1CCC(n2c(CC3CCCC3)nc3cccnc32)CC1. The van der Waals surface area contributed by atoms with E-state index in [9.17, 15) is 4.79 Å². The summed E-state index contributed by atoms with van der Waals surface area (Å²) in [5.41, 5.74) is 2.73. The molecule has 1 saturated carbocycles. The van der Waals surface area contributed by atoms with Crippen LogP contribution in [0.4, 0.5) is 10.5 Å². The number of aromatic nitrogens is 3. The van der Waals surface area contributed by atoms with E-state index in [2.05, 4.69) is 20.9 Å². The van der Waals surface area contributed by atoms with Gasteiger partial charge in [-0.05, 0) is 55.2 Å². The van der Waals surface area contributed by atoms with E-state index in [-0.39, 0.29) is 6.03 Å². The molecule has 1 saturated heterocycles. The lowest BCUT2D eigenvalue weighted by atomic mass is 10.0. The summed E-state index contributed by atoms with van der Waals surface area (Å²) in [5.74, 6) is 1.91. The van der Waals surface area contributed by atoms with Crippen molar-refractivity contribution in [3.05, 3.63) is 53.4 Å². The number of urea groups is 1. The molecule has 2 aromatic heterocycles. The summed E-state index contributed by atoms with van der Waals surface area (Å²) in [7, 11) is 0. The lowest BCUT2D eigenvalue weighted by Crippen LogP contribution is -2.41. The number of likely N-dealkylation sites (tertiary alicyclic amines) is 1. The van der Waals surface area contributed by atoms with Gasteiger partial charge in [-0.25, -0.2) is 14.8 Å². The van der Waals surface area contributed by atoms with E-state index in [4.69, 9.17) is 16.6 Å². The number of benzene rings is 1. The molecule has 162 valence electrons. The van der Waals surface area contributed by atoms with Gasteiger partial charge < -0.3 is 14.8 Å². The minimum absolute atomic E-state index is 0.0550. The molecule has 1 aliphatic carbocycles. The minimum atomic E-state index is -0.0550. The number of nitrogens with one attached hydrogen (secondary N) is 1. The van der Waals surface area contributed by atoms with Crippen molar-refractivity contribution in [2.75, 3.05) is 18.4 Å². The van der Waals surface area contributed by atoms with Gasteiger partial charge in [-0.15, -0.1) is 0 Å². The first-order chi connectivity index (χ1) is 15.2. The number of pyridine rings is 1. The maximum atomic E-state index is 12.7. The van der Waals surface area contributed by atoms with E-state index < -0.39 is 0 Å². The van der Waals surface area contributed by atoms with Gasteiger partial charge in [0.25, 0.3) is 0 Å². The second kappa shape index (κ2) is 8.87. The lowest BCUT2D eigenvalue weighted by Gasteiger charge is -2.33. The molecule has 0 radical (unpaired) electrons. The molecule has 0 unspecified atom stereocenters. The topological polar surface area (TPSA) is 63.1 Å². The van der Waals surface area contributed by atoms with Crippen LogP contribution in [0, 0.1) is 5.92 Å². The summed E-state index contributed by atoms with van der Waals surface area (Å²) in [4.78, 5) is 24.2. The summed E-state index contributed by atoms with van der Waals surface area (Å²) >= 11 is 5.93. The molecular weight excluding hydrogens is 410 g/mol. The second-order valence-corrected chi connectivity index (χ2v) is 9.19. The third-order valence-corrected chi connectivity index (χ3v) is 6.93. The molecule has 2 aliphatic rings. The van der Waals surface area contributed by atoms with Crippen molar-refractivity contribution < 1.29 is 4.79 Å². The molecule has 31 heavy (non-hydrogen) atoms. The van der Waals surface area contributed by atoms with Crippen molar-refractivity contribution in [2.24, 2.45) is 5.92 Å². The minimum Gasteiger partial charge on any atom is -0.324 e. The maximum absolute atomic E-state index is 12.7. The van der Waals surface area contributed by atoms with Gasteiger partial charge in [-0.3, -0.25) is 0 Å². The molecule has 0 spiro atoms. The number of nitrogens with zero attached hydrogens (tertiary/aromatic N) is 4. The number of amides is 2. The van der Waals surface area contributed by atoms with Crippen LogP contribution in [-0.2, 0) is 6.42 Å². The quantitative estimate of drug-likeness (QED) is 0.570. The highest BCUT2D eigenvalue weighted by Gasteiger charge is 2.28. The van der Waals surface area contributed by atoms with E-state index in [1.807, 2.05) is 29.3 Å². The van der Waals surface area contributed by atoms with Crippen LogP contribution in [0.1, 0.15) is 50.4 Å². The third-order valence-electron chi connectivity index (χ3n) is 6.68. The molecule has 2 fully saturated rings. The van der Waals surface area contributed by atoms with Crippen molar-refractivity contribution in [1.29, 1.82) is 0 Å². The van der Waals surface area contributed by atoms with Gasteiger partial charge in [-0.1, -0.05) is 37.3 Å². The fraction of sp³-hybridized carbons (Fsp3) is 0.458. The number of hydrogen-bond donors (Lipinski definition) is 1. The van der Waals surface area contributed by atoms with Crippen LogP contribution in [0.3, 0.4) is 0 Å². The smallest absolute Gasteiger partial charge is 0.321 e. The van der Waals surface area contributed by atoms with E-state index in [1.165, 1.54) is 31.5 Å². The molecule has 0 atom stereocenters. The van der Waals surface area contributed by atoms with Gasteiger partial charge in [0.1, 0.15) is 11.3 Å². The number of carbonyl (C=O) groups excluding carboxylic acids is 1. The Morgan fingerprint density at radius 3 is 2.55 bits per heavy atom. The standard InChI is InChI=1S/C24H28ClN5O/c25-18-7-9-19(10-8-18)27-24(31)29-14-11-20(12-15-29)30-22(16-17-4-1-2-5-17)28-21-6-3-13-26-23(21)30/h3,6-10,13,17,20H,1-2,4-5,11-12,14-16H2,(H,27,31). The van der Waals surface area contributed by atoms with E-state index >= 15 is 0 Å². The Hall–Kier alpha value is -2.60. The van der Waals surface area contributed by atoms with Gasteiger partial charge in [0.2, 0.25) is 0 Å². The Kier molecular flexibility index (Phi) is 5.81. The van der Waals surface area contributed by atoms with Crippen molar-refractivity contribution in [2.45, 2.75) is 51.0 Å². The molecule has 1 aromatic carbocycles. The summed E-state index contributed by atoms with van der Waals surface area (Å²) < 4.78 is 2.38. The second-order valence-electron chi connectivity index (χ2n) is 8.75. The summed E-state index contributed by atoms with van der Waals surface area (Å²) in [6.07, 6.45) is 10.00. The monoisotopic (exact) mass is 437 g/mol. The highest BCUT2D eigenvalue weighted by atomic mass is 35.5. The first kappa shape index (κ1) is 20.3. The van der Waals surface area contributed by atoms with Crippen molar-refractivity contribution >= 4 is 34.5 Å². The molecule has 6 nitrogen and oxygen atoms in total. The largest absolute Gasteiger partial charge is 0.324 e. The molecule has 1 aliphatic heterocycles. The third kappa shape index (κ3) is 4.40. The van der Waals surface area contributed by atoms with Crippen LogP contribution >= 0.6 is 11.6 Å². The van der Waals surface area contributed by atoms with Gasteiger partial charge in [0.15, 0.2) is 5.65 Å². The Morgan fingerprint density at radius 1 is 1.06 bits per heavy atom. The molecule has 1 N–H and O–H groups in total. The zero-order valence-corrected chi connectivity index (χ0v) is 18.4. The summed E-state index contributed by atoms with van der Waals surface area (Å²) in [5, 5.41) is 3.64. The van der Waals surface area contributed by atoms with E-state index in [0.29, 0.717) is 11.1 Å². The Labute approximate surface area is 187 Å². The van der Waals surface area contributed by atoms with Gasteiger partial charge >= 0.3 is 6.03 Å². The highest BCUT2D eigenvalue weighted by molar-refractivity contribution is 6.30. The average molecular weight is 438 g/mol. The number of fused-ring (bicyclic) bond motifs is 1. The number of carbonyl (C=O) groups is 1. The predicted octanol–water partition coefficient (Wildman–Crippen LogP) is 5.69. The lowest BCUT2D eigenvalue weighted by molar-refractivity contribution is 0.183. The number of anilines is 1. The van der Waals surface area contributed by atoms with Crippen molar-refractivity contribution in [3.8, 4) is 0 Å². The average Bonchev–Trinajstić information content (AvgIpc) is 3.43. The maximum Gasteiger partial charge on any atom is 0.321 e. The van der Waals surface area contributed by atoms with Gasteiger partial charge in [0.05, 0.1) is 0 Å². The fourth-order valence-electron chi connectivity index (χ4n) is 5.04. The Balaban J connectivity index is 1.29. The Bertz CT molecular complexity index is 1050. The number of imidazole rings is 1. The van der Waals surface area contributed by atoms with Crippen LogP contribution < -0.4 is 5.32 Å². The van der Waals surface area contributed by atoms with Crippen molar-refractivity contribution in [1.82, 2.24) is 19.4 Å². The van der Waals surface area contributed by atoms with Crippen LogP contribution in [0.5, 0.6) is 0 Å². The van der Waals surface area contributed by atoms with Crippen molar-refractivity contribution in [3.63, 3.8) is 0 Å². The van der Waals surface area contributed by atoms with Crippen LogP contribution in [0.2, 0.25) is 5.02 Å². The zero-order valence-electron chi connectivity index (χ0n) is 17.6. The number of piperidine rings is 1. The Morgan fingerprint density at radius 2 is 1.81 bits per heavy atom. The zero-order chi connectivity index (χ0) is 21.2. The number of hydrogen-bond acceptors (Lipinski definition) is 3. The van der Waals surface area contributed by atoms with Crippen LogP contribution in [-0.4, -0.2) is 38.6 Å². The molecule has 3 heterocycles. The first-order valence-corrected chi connectivity index (χ1v) is 11.7. The molecule has 2 amide bonds. The fourth-order valence-corrected chi connectivity index (χ4v) is 5.17. The molecule has 0 bridgehead atoms. The van der Waals surface area contributed by atoms with Crippen LogP contribution in [0.15, 0.2) is 42.6 Å². The molecular formula is C24H28ClN5O. The number of rotatable bonds is 4. The molecule has 3 aromatic rings.